The predicted octanol–water partition coefficient (Wildman–Crippen LogP) is 1.92. The number of halogens is 1. The number of carbonyl (C=O) groups is 1. The predicted molar refractivity (Wildman–Crippen MR) is 112 cm³/mol. The van der Waals surface area contributed by atoms with Gasteiger partial charge < -0.3 is 21.1 Å². The monoisotopic (exact) mass is 446 g/mol. The van der Waals surface area contributed by atoms with E-state index >= 15 is 0 Å². The van der Waals surface area contributed by atoms with Gasteiger partial charge in [0, 0.05) is 11.4 Å². The minimum Gasteiger partial charge on any atom is -0.484 e. The van der Waals surface area contributed by atoms with Gasteiger partial charge in [0.15, 0.2) is 18.2 Å². The Morgan fingerprint density at radius 3 is 2.58 bits per heavy atom. The van der Waals surface area contributed by atoms with E-state index < -0.39 is 21.7 Å². The first-order chi connectivity index (χ1) is 14.6. The summed E-state index contributed by atoms with van der Waals surface area (Å²) in [6, 6.07) is 10.6. The lowest BCUT2D eigenvalue weighted by Gasteiger charge is -2.12. The summed E-state index contributed by atoms with van der Waals surface area (Å²) in [4.78, 5) is 18.7. The van der Waals surface area contributed by atoms with Crippen molar-refractivity contribution >= 4 is 39.1 Å². The minimum absolute atomic E-state index is 0.0357. The minimum atomic E-state index is -3.88. The number of aromatic nitrogens is 2. The average Bonchev–Trinajstić information content (AvgIpc) is 2.69. The topological polar surface area (TPSA) is 162 Å². The summed E-state index contributed by atoms with van der Waals surface area (Å²) in [5.41, 5.74) is 6.63. The number of primary sulfonamides is 1. The molecule has 6 N–H and O–H groups in total. The number of anilines is 4. The smallest absolute Gasteiger partial charge is 0.255 e. The van der Waals surface area contributed by atoms with Gasteiger partial charge in [0.25, 0.3) is 5.91 Å². The second-order valence-corrected chi connectivity index (χ2v) is 8.01. The first-order valence-electron chi connectivity index (χ1n) is 8.83. The molecule has 31 heavy (non-hydrogen) atoms. The van der Waals surface area contributed by atoms with Crippen LogP contribution in [-0.2, 0) is 14.8 Å². The molecule has 0 aliphatic carbocycles. The highest BCUT2D eigenvalue weighted by molar-refractivity contribution is 7.89. The van der Waals surface area contributed by atoms with Crippen molar-refractivity contribution in [3.05, 3.63) is 60.0 Å². The Hall–Kier alpha value is -3.77. The summed E-state index contributed by atoms with van der Waals surface area (Å²) in [5, 5.41) is 10.8. The lowest BCUT2D eigenvalue weighted by molar-refractivity contribution is -0.119. The Kier molecular flexibility index (Phi) is 6.32. The number of nitrogens with two attached hydrogens (primary N) is 2. The number of hydrogen-bond acceptors (Lipinski definition) is 8. The Labute approximate surface area is 177 Å². The number of rotatable bonds is 8. The van der Waals surface area contributed by atoms with Gasteiger partial charge >= 0.3 is 0 Å². The highest BCUT2D eigenvalue weighted by Crippen LogP contribution is 2.26. The molecule has 0 saturated carbocycles. The van der Waals surface area contributed by atoms with E-state index in [-0.39, 0.29) is 23.3 Å². The van der Waals surface area contributed by atoms with E-state index in [2.05, 4.69) is 20.6 Å². The Balaban J connectivity index is 1.79. The van der Waals surface area contributed by atoms with E-state index in [0.717, 1.165) is 6.20 Å². The fraction of sp³-hybridized carbons (Fsp3) is 0.105. The molecule has 0 radical (unpaired) electrons. The van der Waals surface area contributed by atoms with E-state index in [1.165, 1.54) is 18.2 Å². The molecule has 0 fully saturated rings. The van der Waals surface area contributed by atoms with Crippen molar-refractivity contribution in [2.24, 2.45) is 10.9 Å². The van der Waals surface area contributed by atoms with Crippen molar-refractivity contribution in [2.75, 3.05) is 17.2 Å². The summed E-state index contributed by atoms with van der Waals surface area (Å²) < 4.78 is 42.5. The lowest BCUT2D eigenvalue weighted by atomic mass is 10.2. The van der Waals surface area contributed by atoms with Gasteiger partial charge in [0.2, 0.25) is 16.0 Å². The summed E-state index contributed by atoms with van der Waals surface area (Å²) in [6.07, 6.45) is 0.971. The molecule has 3 rings (SSSR count). The van der Waals surface area contributed by atoms with Crippen molar-refractivity contribution in [3.8, 4) is 5.75 Å². The van der Waals surface area contributed by atoms with E-state index in [1.54, 1.807) is 31.2 Å². The van der Waals surface area contributed by atoms with E-state index in [9.17, 15) is 17.6 Å². The number of nitrogens with zero attached hydrogens (tertiary/aromatic N) is 2. The van der Waals surface area contributed by atoms with Crippen LogP contribution in [0.2, 0.25) is 0 Å². The van der Waals surface area contributed by atoms with Crippen LogP contribution in [0.5, 0.6) is 5.75 Å². The first kappa shape index (κ1) is 21.9. The zero-order chi connectivity index (χ0) is 22.6. The zero-order valence-corrected chi connectivity index (χ0v) is 17.1. The van der Waals surface area contributed by atoms with Crippen molar-refractivity contribution in [1.82, 2.24) is 9.97 Å². The van der Waals surface area contributed by atoms with Crippen LogP contribution in [0.1, 0.15) is 5.56 Å². The molecular weight excluding hydrogens is 427 g/mol. The molecule has 3 aromatic rings. The van der Waals surface area contributed by atoms with Gasteiger partial charge in [-0.05, 0) is 48.9 Å². The highest BCUT2D eigenvalue weighted by atomic mass is 32.2. The van der Waals surface area contributed by atoms with Gasteiger partial charge in [-0.1, -0.05) is 6.07 Å². The quantitative estimate of drug-likeness (QED) is 0.408. The number of carbonyl (C=O) groups excluding carboxylic acids is 1. The summed E-state index contributed by atoms with van der Waals surface area (Å²) in [6.45, 7) is 1.50. The molecule has 1 amide bonds. The Bertz CT molecular complexity index is 1240. The molecule has 162 valence electrons. The zero-order valence-electron chi connectivity index (χ0n) is 16.3. The number of hydrogen-bond donors (Lipinski definition) is 4. The number of benzene rings is 2. The van der Waals surface area contributed by atoms with E-state index in [1.807, 2.05) is 0 Å². The van der Waals surface area contributed by atoms with Crippen LogP contribution >= 0.6 is 0 Å². The summed E-state index contributed by atoms with van der Waals surface area (Å²) in [5.74, 6) is -0.904. The maximum absolute atomic E-state index is 14.2. The van der Waals surface area contributed by atoms with Gasteiger partial charge in [0.1, 0.15) is 5.75 Å². The normalized spacial score (nSPS) is 11.1. The van der Waals surface area contributed by atoms with Crippen molar-refractivity contribution in [1.29, 1.82) is 0 Å². The molecule has 10 nitrogen and oxygen atoms in total. The molecular formula is C19H19FN6O4S. The second kappa shape index (κ2) is 8.93. The number of ether oxygens (including phenoxy) is 1. The van der Waals surface area contributed by atoms with Gasteiger partial charge in [-0.25, -0.2) is 22.9 Å². The molecule has 1 heterocycles. The Morgan fingerprint density at radius 1 is 1.16 bits per heavy atom. The largest absolute Gasteiger partial charge is 0.484 e. The van der Waals surface area contributed by atoms with Crippen molar-refractivity contribution < 1.29 is 22.3 Å². The number of sulfonamides is 1. The molecule has 0 bridgehead atoms. The van der Waals surface area contributed by atoms with Crippen molar-refractivity contribution in [2.45, 2.75) is 11.8 Å². The SMILES string of the molecule is Cc1cc(Nc2nc(Nc3cccc(S(N)(=O)=O)c3)ncc2F)ccc1OCC(N)=O. The van der Waals surface area contributed by atoms with Crippen LogP contribution in [0.25, 0.3) is 0 Å². The summed E-state index contributed by atoms with van der Waals surface area (Å²) >= 11 is 0. The molecule has 0 unspecified atom stereocenters. The average molecular weight is 446 g/mol. The van der Waals surface area contributed by atoms with Gasteiger partial charge in [-0.15, -0.1) is 0 Å². The fourth-order valence-electron chi connectivity index (χ4n) is 2.57. The molecule has 0 aliphatic heterocycles. The molecule has 0 spiro atoms. The van der Waals surface area contributed by atoms with Crippen LogP contribution < -0.4 is 26.2 Å². The van der Waals surface area contributed by atoms with Gasteiger partial charge in [-0.2, -0.15) is 4.98 Å². The third-order valence-corrected chi connectivity index (χ3v) is 4.88. The summed E-state index contributed by atoms with van der Waals surface area (Å²) in [7, 11) is -3.88. The van der Waals surface area contributed by atoms with Crippen LogP contribution in [0.3, 0.4) is 0 Å². The van der Waals surface area contributed by atoms with Gasteiger partial charge in [-0.3, -0.25) is 4.79 Å². The number of primary amides is 1. The third kappa shape index (κ3) is 5.87. The molecule has 12 heteroatoms. The molecule has 2 aromatic carbocycles. The maximum Gasteiger partial charge on any atom is 0.255 e. The van der Waals surface area contributed by atoms with Crippen LogP contribution in [0.15, 0.2) is 53.6 Å². The van der Waals surface area contributed by atoms with Crippen molar-refractivity contribution in [3.63, 3.8) is 0 Å². The number of nitrogens with one attached hydrogen (secondary N) is 2. The second-order valence-electron chi connectivity index (χ2n) is 6.45. The van der Waals surface area contributed by atoms with Crippen LogP contribution in [0, 0.1) is 12.7 Å². The standard InChI is InChI=1S/C19H19FN6O4S/c1-11-7-13(5-6-16(11)30-10-17(21)27)24-18-15(20)9-23-19(26-18)25-12-3-2-4-14(8-12)31(22,28)29/h2-9H,10H2,1H3,(H2,21,27)(H2,22,28,29)(H2,23,24,25,26). The fourth-order valence-corrected chi connectivity index (χ4v) is 3.13. The highest BCUT2D eigenvalue weighted by Gasteiger charge is 2.11. The number of aryl methyl sites for hydroxylation is 1. The molecule has 0 atom stereocenters. The molecule has 1 aromatic heterocycles. The van der Waals surface area contributed by atoms with Crippen LogP contribution in [0.4, 0.5) is 27.5 Å². The lowest BCUT2D eigenvalue weighted by Crippen LogP contribution is -2.20. The van der Waals surface area contributed by atoms with E-state index in [4.69, 9.17) is 15.6 Å². The van der Waals surface area contributed by atoms with Gasteiger partial charge in [0.05, 0.1) is 11.1 Å². The Morgan fingerprint density at radius 2 is 1.90 bits per heavy atom. The van der Waals surface area contributed by atoms with Crippen LogP contribution in [-0.4, -0.2) is 30.9 Å². The maximum atomic E-state index is 14.2. The molecule has 0 saturated heterocycles. The third-order valence-electron chi connectivity index (χ3n) is 3.97. The van der Waals surface area contributed by atoms with E-state index in [0.29, 0.717) is 22.7 Å². The first-order valence-corrected chi connectivity index (χ1v) is 10.4. The number of amides is 1. The molecule has 0 aliphatic rings.